The number of hydrogen-bond acceptors (Lipinski definition) is 5. The van der Waals surface area contributed by atoms with Crippen LogP contribution in [0.2, 0.25) is 0 Å². The molecule has 0 aromatic heterocycles. The standard InChI is InChI=1S/C10H22NO5/c1-11(2,3)7-9(15-4)8(13)6(5-12)16-10(7)14/h6-10,12-14H,5H2,1-4H3/q+1. The van der Waals surface area contributed by atoms with Crippen LogP contribution in [0.5, 0.6) is 0 Å². The van der Waals surface area contributed by atoms with Gasteiger partial charge in [-0.15, -0.1) is 0 Å². The zero-order valence-corrected chi connectivity index (χ0v) is 10.2. The van der Waals surface area contributed by atoms with Crippen molar-refractivity contribution in [1.29, 1.82) is 0 Å². The third-order valence-electron chi connectivity index (χ3n) is 3.01. The van der Waals surface area contributed by atoms with Crippen LogP contribution in [0.3, 0.4) is 0 Å². The summed E-state index contributed by atoms with van der Waals surface area (Å²) in [7, 11) is 7.13. The van der Waals surface area contributed by atoms with Gasteiger partial charge in [-0.3, -0.25) is 0 Å². The smallest absolute Gasteiger partial charge is 0.211 e. The molecule has 0 saturated carbocycles. The van der Waals surface area contributed by atoms with E-state index in [0.29, 0.717) is 4.48 Å². The summed E-state index contributed by atoms with van der Waals surface area (Å²) in [6.07, 6.45) is -3.38. The number of aliphatic hydroxyl groups excluding tert-OH is 3. The fraction of sp³-hybridized carbons (Fsp3) is 1.00. The molecule has 6 nitrogen and oxygen atoms in total. The minimum absolute atomic E-state index is 0.345. The van der Waals surface area contributed by atoms with E-state index in [9.17, 15) is 10.2 Å². The van der Waals surface area contributed by atoms with Crippen LogP contribution in [-0.2, 0) is 9.47 Å². The van der Waals surface area contributed by atoms with Crippen molar-refractivity contribution >= 4 is 0 Å². The molecule has 5 atom stereocenters. The summed E-state index contributed by atoms with van der Waals surface area (Å²) in [4.78, 5) is 0. The summed E-state index contributed by atoms with van der Waals surface area (Å²) in [6.45, 7) is -0.345. The lowest BCUT2D eigenvalue weighted by Crippen LogP contribution is -2.68. The molecule has 16 heavy (non-hydrogen) atoms. The van der Waals surface area contributed by atoms with Crippen molar-refractivity contribution in [2.45, 2.75) is 30.6 Å². The Labute approximate surface area is 95.6 Å². The Hall–Kier alpha value is -0.240. The zero-order chi connectivity index (χ0) is 12.5. The minimum atomic E-state index is -1.06. The van der Waals surface area contributed by atoms with Gasteiger partial charge in [0.2, 0.25) is 6.29 Å². The molecule has 6 heteroatoms. The van der Waals surface area contributed by atoms with E-state index in [4.69, 9.17) is 14.6 Å². The van der Waals surface area contributed by atoms with Crippen LogP contribution < -0.4 is 0 Å². The predicted octanol–water partition coefficient (Wildman–Crippen LogP) is -1.85. The van der Waals surface area contributed by atoms with E-state index in [1.165, 1.54) is 7.11 Å². The van der Waals surface area contributed by atoms with Crippen LogP contribution in [0.15, 0.2) is 0 Å². The lowest BCUT2D eigenvalue weighted by Gasteiger charge is -2.47. The van der Waals surface area contributed by atoms with Gasteiger partial charge in [0.25, 0.3) is 0 Å². The summed E-state index contributed by atoms with van der Waals surface area (Å²) >= 11 is 0. The van der Waals surface area contributed by atoms with Crippen LogP contribution in [0.1, 0.15) is 0 Å². The van der Waals surface area contributed by atoms with Crippen molar-refractivity contribution < 1.29 is 29.3 Å². The van der Waals surface area contributed by atoms with E-state index >= 15 is 0 Å². The van der Waals surface area contributed by atoms with Gasteiger partial charge in [-0.1, -0.05) is 0 Å². The molecule has 1 rings (SSSR count). The maximum atomic E-state index is 9.95. The second-order valence-electron chi connectivity index (χ2n) is 5.05. The Kier molecular flexibility index (Phi) is 4.28. The molecule has 0 amide bonds. The normalized spacial score (nSPS) is 41.1. The summed E-state index contributed by atoms with van der Waals surface area (Å²) in [6, 6.07) is -0.400. The van der Waals surface area contributed by atoms with E-state index in [-0.39, 0.29) is 6.61 Å². The fourth-order valence-electron chi connectivity index (χ4n) is 2.17. The largest absolute Gasteiger partial charge is 0.394 e. The van der Waals surface area contributed by atoms with E-state index in [1.54, 1.807) is 0 Å². The highest BCUT2D eigenvalue weighted by Crippen LogP contribution is 2.27. The molecule has 0 radical (unpaired) electrons. The first-order valence-electron chi connectivity index (χ1n) is 5.29. The first-order valence-corrected chi connectivity index (χ1v) is 5.29. The van der Waals surface area contributed by atoms with Gasteiger partial charge in [0, 0.05) is 7.11 Å². The van der Waals surface area contributed by atoms with Crippen molar-refractivity contribution in [2.24, 2.45) is 0 Å². The van der Waals surface area contributed by atoms with E-state index in [2.05, 4.69) is 0 Å². The third-order valence-corrected chi connectivity index (χ3v) is 3.01. The Morgan fingerprint density at radius 1 is 1.25 bits per heavy atom. The maximum Gasteiger partial charge on any atom is 0.211 e. The van der Waals surface area contributed by atoms with Gasteiger partial charge >= 0.3 is 0 Å². The van der Waals surface area contributed by atoms with Crippen molar-refractivity contribution in [1.82, 2.24) is 0 Å². The number of quaternary nitrogens is 1. The summed E-state index contributed by atoms with van der Waals surface area (Å²) < 4.78 is 10.8. The number of rotatable bonds is 3. The Morgan fingerprint density at radius 2 is 1.81 bits per heavy atom. The van der Waals surface area contributed by atoms with Gasteiger partial charge in [0.15, 0.2) is 6.04 Å². The quantitative estimate of drug-likeness (QED) is 0.501. The molecule has 1 aliphatic heterocycles. The zero-order valence-electron chi connectivity index (χ0n) is 10.2. The molecule has 1 fully saturated rings. The highest BCUT2D eigenvalue weighted by atomic mass is 16.6. The SMILES string of the molecule is COC1C(O)C(CO)OC(O)C1[N+](C)(C)C. The number of nitrogens with zero attached hydrogens (tertiary/aromatic N) is 1. The molecule has 0 aromatic carbocycles. The lowest BCUT2D eigenvalue weighted by atomic mass is 9.95. The summed E-state index contributed by atoms with van der Waals surface area (Å²) in [5.41, 5.74) is 0. The molecule has 0 bridgehead atoms. The Balaban J connectivity index is 2.92. The van der Waals surface area contributed by atoms with Gasteiger partial charge in [-0.2, -0.15) is 0 Å². The first kappa shape index (κ1) is 13.8. The predicted molar refractivity (Wildman–Crippen MR) is 56.6 cm³/mol. The molecule has 96 valence electrons. The van der Waals surface area contributed by atoms with Gasteiger partial charge in [-0.05, 0) is 0 Å². The average molecular weight is 236 g/mol. The molecule has 0 aliphatic carbocycles. The highest BCUT2D eigenvalue weighted by Gasteiger charge is 2.51. The van der Waals surface area contributed by atoms with E-state index in [1.807, 2.05) is 21.1 Å². The van der Waals surface area contributed by atoms with Crippen LogP contribution in [-0.4, -0.2) is 85.3 Å². The lowest BCUT2D eigenvalue weighted by molar-refractivity contribution is -0.909. The fourth-order valence-corrected chi connectivity index (χ4v) is 2.17. The van der Waals surface area contributed by atoms with Crippen molar-refractivity contribution in [2.75, 3.05) is 34.9 Å². The number of hydrogen-bond donors (Lipinski definition) is 3. The van der Waals surface area contributed by atoms with E-state index < -0.39 is 30.6 Å². The minimum Gasteiger partial charge on any atom is -0.394 e. The first-order chi connectivity index (χ1) is 7.32. The molecule has 5 unspecified atom stereocenters. The topological polar surface area (TPSA) is 79.2 Å². The molecule has 1 heterocycles. The molecule has 1 aliphatic rings. The van der Waals surface area contributed by atoms with Crippen molar-refractivity contribution in [3.05, 3.63) is 0 Å². The maximum absolute atomic E-state index is 9.95. The van der Waals surface area contributed by atoms with Gasteiger partial charge < -0.3 is 29.3 Å². The molecule has 1 saturated heterocycles. The van der Waals surface area contributed by atoms with Gasteiger partial charge in [0.05, 0.1) is 27.7 Å². The van der Waals surface area contributed by atoms with Gasteiger partial charge in [0.1, 0.15) is 18.3 Å². The average Bonchev–Trinajstić information content (AvgIpc) is 2.18. The number of likely N-dealkylation sites (N-methyl/N-ethyl adjacent to an activating group) is 1. The van der Waals surface area contributed by atoms with Crippen LogP contribution >= 0.6 is 0 Å². The van der Waals surface area contributed by atoms with E-state index in [0.717, 1.165) is 0 Å². The Morgan fingerprint density at radius 3 is 2.19 bits per heavy atom. The summed E-state index contributed by atoms with van der Waals surface area (Å²) in [5.74, 6) is 0. The van der Waals surface area contributed by atoms with Crippen LogP contribution in [0.4, 0.5) is 0 Å². The second kappa shape index (κ2) is 4.95. The van der Waals surface area contributed by atoms with Gasteiger partial charge in [-0.25, -0.2) is 0 Å². The highest BCUT2D eigenvalue weighted by molar-refractivity contribution is 4.90. The monoisotopic (exact) mass is 236 g/mol. The molecule has 3 N–H and O–H groups in total. The molecular weight excluding hydrogens is 214 g/mol. The Bertz CT molecular complexity index is 230. The van der Waals surface area contributed by atoms with Crippen LogP contribution in [0, 0.1) is 0 Å². The second-order valence-corrected chi connectivity index (χ2v) is 5.05. The van der Waals surface area contributed by atoms with Crippen LogP contribution in [0.25, 0.3) is 0 Å². The number of aliphatic hydroxyl groups is 3. The number of ether oxygens (including phenoxy) is 2. The molecular formula is C10H22NO5+. The van der Waals surface area contributed by atoms with Crippen molar-refractivity contribution in [3.63, 3.8) is 0 Å². The number of methoxy groups -OCH3 is 1. The summed E-state index contributed by atoms with van der Waals surface area (Å²) in [5, 5.41) is 28.9. The third kappa shape index (κ3) is 2.53. The van der Waals surface area contributed by atoms with Crippen molar-refractivity contribution in [3.8, 4) is 0 Å². The molecule has 0 aromatic rings. The molecule has 0 spiro atoms.